The molecule has 7 heteroatoms. The number of esters is 1. The van der Waals surface area contributed by atoms with E-state index in [1.807, 2.05) is 24.3 Å². The lowest BCUT2D eigenvalue weighted by Crippen LogP contribution is -2.44. The van der Waals surface area contributed by atoms with E-state index in [-0.39, 0.29) is 23.6 Å². The molecule has 0 atom stereocenters. The maximum Gasteiger partial charge on any atom is 0.339 e. The number of pyridine rings is 1. The Morgan fingerprint density at radius 1 is 1.13 bits per heavy atom. The van der Waals surface area contributed by atoms with Crippen LogP contribution in [0.1, 0.15) is 51.9 Å². The molecule has 0 bridgehead atoms. The average Bonchev–Trinajstić information content (AvgIpc) is 2.78. The number of rotatable bonds is 7. The molecular weight excluding hydrogens is 384 g/mol. The van der Waals surface area contributed by atoms with Crippen LogP contribution in [0, 0.1) is 6.92 Å². The summed E-state index contributed by atoms with van der Waals surface area (Å²) in [5.74, 6) is 0.0920. The van der Waals surface area contributed by atoms with Crippen molar-refractivity contribution >= 4 is 11.9 Å². The van der Waals surface area contributed by atoms with E-state index < -0.39 is 5.97 Å². The summed E-state index contributed by atoms with van der Waals surface area (Å²) < 4.78 is 15.8. The van der Waals surface area contributed by atoms with Gasteiger partial charge in [-0.15, -0.1) is 0 Å². The quantitative estimate of drug-likeness (QED) is 0.704. The number of aromatic nitrogens is 1. The Morgan fingerprint density at radius 3 is 2.43 bits per heavy atom. The highest BCUT2D eigenvalue weighted by Crippen LogP contribution is 2.35. The first-order valence-corrected chi connectivity index (χ1v) is 10.1. The molecule has 1 N–H and O–H groups in total. The molecule has 1 aliphatic rings. The number of hydrogen-bond acceptors (Lipinski definition) is 6. The lowest BCUT2D eigenvalue weighted by atomic mass is 9.74. The van der Waals surface area contributed by atoms with Crippen LogP contribution in [0.4, 0.5) is 0 Å². The fourth-order valence-corrected chi connectivity index (χ4v) is 3.73. The van der Waals surface area contributed by atoms with E-state index in [2.05, 4.69) is 10.3 Å². The summed E-state index contributed by atoms with van der Waals surface area (Å²) in [4.78, 5) is 29.0. The molecule has 1 aromatic heterocycles. The van der Waals surface area contributed by atoms with E-state index >= 15 is 0 Å². The van der Waals surface area contributed by atoms with Crippen LogP contribution in [0.25, 0.3) is 0 Å². The fraction of sp³-hybridized carbons (Fsp3) is 0.435. The van der Waals surface area contributed by atoms with Crippen molar-refractivity contribution < 1.29 is 23.8 Å². The van der Waals surface area contributed by atoms with Crippen LogP contribution in [0.2, 0.25) is 0 Å². The van der Waals surface area contributed by atoms with Crippen molar-refractivity contribution in [1.82, 2.24) is 10.3 Å². The minimum Gasteiger partial charge on any atom is -0.497 e. The van der Waals surface area contributed by atoms with Crippen molar-refractivity contribution in [3.8, 4) is 5.75 Å². The number of amides is 1. The van der Waals surface area contributed by atoms with Crippen LogP contribution in [-0.4, -0.2) is 50.3 Å². The first-order valence-electron chi connectivity index (χ1n) is 10.1. The molecule has 7 nitrogen and oxygen atoms in total. The van der Waals surface area contributed by atoms with Gasteiger partial charge in [-0.25, -0.2) is 9.78 Å². The summed E-state index contributed by atoms with van der Waals surface area (Å²) in [6, 6.07) is 11.1. The van der Waals surface area contributed by atoms with Crippen LogP contribution in [-0.2, 0) is 14.9 Å². The summed E-state index contributed by atoms with van der Waals surface area (Å²) in [6.45, 7) is 5.50. The van der Waals surface area contributed by atoms with Crippen LogP contribution in [0.15, 0.2) is 36.4 Å². The minimum atomic E-state index is -0.435. The molecule has 0 spiro atoms. The standard InChI is InChI=1S/C23H28N2O5/c1-4-30-22(27)19-9-10-20(25-16(19)2)21(26)24-15-23(11-13-29-14-12-23)17-5-7-18(28-3)8-6-17/h5-10H,4,11-15H2,1-3H3,(H,24,26). The highest BCUT2D eigenvalue weighted by atomic mass is 16.5. The molecule has 1 aromatic carbocycles. The van der Waals surface area contributed by atoms with Gasteiger partial charge in [0.2, 0.25) is 0 Å². The van der Waals surface area contributed by atoms with Gasteiger partial charge in [0.15, 0.2) is 0 Å². The molecule has 3 rings (SSSR count). The predicted octanol–water partition coefficient (Wildman–Crippen LogP) is 3.05. The molecule has 0 saturated carbocycles. The summed E-state index contributed by atoms with van der Waals surface area (Å²) in [5.41, 5.74) is 2.05. The van der Waals surface area contributed by atoms with Crippen molar-refractivity contribution in [3.05, 3.63) is 58.9 Å². The van der Waals surface area contributed by atoms with Gasteiger partial charge >= 0.3 is 5.97 Å². The Hall–Kier alpha value is -2.93. The van der Waals surface area contributed by atoms with Crippen molar-refractivity contribution in [1.29, 1.82) is 0 Å². The molecule has 0 aliphatic carbocycles. The molecule has 1 amide bonds. The number of carbonyl (C=O) groups excluding carboxylic acids is 2. The van der Waals surface area contributed by atoms with Crippen molar-refractivity contribution in [2.45, 2.75) is 32.1 Å². The van der Waals surface area contributed by atoms with Crippen molar-refractivity contribution in [2.24, 2.45) is 0 Å². The lowest BCUT2D eigenvalue weighted by Gasteiger charge is -2.38. The van der Waals surface area contributed by atoms with E-state index in [4.69, 9.17) is 14.2 Å². The SMILES string of the molecule is CCOC(=O)c1ccc(C(=O)NCC2(c3ccc(OC)cc3)CCOCC2)nc1C. The van der Waals surface area contributed by atoms with E-state index in [0.29, 0.717) is 31.0 Å². The van der Waals surface area contributed by atoms with Crippen molar-refractivity contribution in [3.63, 3.8) is 0 Å². The zero-order chi connectivity index (χ0) is 21.6. The summed E-state index contributed by atoms with van der Waals surface area (Å²) in [5, 5.41) is 3.03. The van der Waals surface area contributed by atoms with E-state index in [1.54, 1.807) is 33.1 Å². The molecule has 2 aromatic rings. The number of ether oxygens (including phenoxy) is 3. The Balaban J connectivity index is 1.74. The highest BCUT2D eigenvalue weighted by molar-refractivity contribution is 5.95. The molecule has 1 saturated heterocycles. The number of methoxy groups -OCH3 is 1. The van der Waals surface area contributed by atoms with Gasteiger partial charge < -0.3 is 19.5 Å². The zero-order valence-electron chi connectivity index (χ0n) is 17.7. The van der Waals surface area contributed by atoms with E-state index in [1.165, 1.54) is 0 Å². The molecule has 160 valence electrons. The summed E-state index contributed by atoms with van der Waals surface area (Å²) >= 11 is 0. The van der Waals surface area contributed by atoms with Gasteiger partial charge in [-0.2, -0.15) is 0 Å². The zero-order valence-corrected chi connectivity index (χ0v) is 17.7. The molecule has 1 aliphatic heterocycles. The first-order chi connectivity index (χ1) is 14.5. The average molecular weight is 412 g/mol. The third-order valence-electron chi connectivity index (χ3n) is 5.55. The highest BCUT2D eigenvalue weighted by Gasteiger charge is 2.35. The number of hydrogen-bond donors (Lipinski definition) is 1. The molecule has 0 unspecified atom stereocenters. The lowest BCUT2D eigenvalue weighted by molar-refractivity contribution is 0.0486. The molecule has 0 radical (unpaired) electrons. The minimum absolute atomic E-state index is 0.208. The second-order valence-corrected chi connectivity index (χ2v) is 7.35. The predicted molar refractivity (Wildman–Crippen MR) is 112 cm³/mol. The number of nitrogens with one attached hydrogen (secondary N) is 1. The normalized spacial score (nSPS) is 15.3. The maximum atomic E-state index is 12.8. The third-order valence-corrected chi connectivity index (χ3v) is 5.55. The number of benzene rings is 1. The van der Waals surface area contributed by atoms with Gasteiger partial charge in [0.1, 0.15) is 11.4 Å². The first kappa shape index (κ1) is 21.8. The van der Waals surface area contributed by atoms with Crippen LogP contribution in [0.3, 0.4) is 0 Å². The van der Waals surface area contributed by atoms with Gasteiger partial charge in [0.25, 0.3) is 5.91 Å². The Labute approximate surface area is 176 Å². The Kier molecular flexibility index (Phi) is 7.05. The van der Waals surface area contributed by atoms with Gasteiger partial charge in [-0.3, -0.25) is 4.79 Å². The van der Waals surface area contributed by atoms with E-state index in [0.717, 1.165) is 24.2 Å². The number of aryl methyl sites for hydroxylation is 1. The van der Waals surface area contributed by atoms with Crippen LogP contribution < -0.4 is 10.1 Å². The summed E-state index contributed by atoms with van der Waals surface area (Å²) in [7, 11) is 1.64. The second kappa shape index (κ2) is 9.71. The van der Waals surface area contributed by atoms with Crippen LogP contribution >= 0.6 is 0 Å². The smallest absolute Gasteiger partial charge is 0.339 e. The van der Waals surface area contributed by atoms with E-state index in [9.17, 15) is 9.59 Å². The second-order valence-electron chi connectivity index (χ2n) is 7.35. The number of carbonyl (C=O) groups is 2. The van der Waals surface area contributed by atoms with Crippen LogP contribution in [0.5, 0.6) is 5.75 Å². The molecular formula is C23H28N2O5. The maximum absolute atomic E-state index is 12.8. The molecule has 2 heterocycles. The third kappa shape index (κ3) is 4.79. The Bertz CT molecular complexity index is 889. The fourth-order valence-electron chi connectivity index (χ4n) is 3.73. The summed E-state index contributed by atoms with van der Waals surface area (Å²) in [6.07, 6.45) is 1.63. The molecule has 1 fully saturated rings. The topological polar surface area (TPSA) is 86.8 Å². The largest absolute Gasteiger partial charge is 0.497 e. The monoisotopic (exact) mass is 412 g/mol. The Morgan fingerprint density at radius 2 is 1.83 bits per heavy atom. The number of nitrogens with zero attached hydrogens (tertiary/aromatic N) is 1. The van der Waals surface area contributed by atoms with Gasteiger partial charge in [0.05, 0.1) is 25.0 Å². The van der Waals surface area contributed by atoms with Gasteiger partial charge in [-0.1, -0.05) is 12.1 Å². The molecule has 30 heavy (non-hydrogen) atoms. The van der Waals surface area contributed by atoms with Crippen molar-refractivity contribution in [2.75, 3.05) is 33.5 Å². The van der Waals surface area contributed by atoms with Gasteiger partial charge in [-0.05, 0) is 56.5 Å². The van der Waals surface area contributed by atoms with Gasteiger partial charge in [0, 0.05) is 25.2 Å².